The Kier molecular flexibility index (Phi) is 10.5. The number of morpholine rings is 3. The van der Waals surface area contributed by atoms with Gasteiger partial charge >= 0.3 is 0 Å². The van der Waals surface area contributed by atoms with Gasteiger partial charge in [0.05, 0.1) is 39.6 Å². The molecule has 3 fully saturated rings. The molecule has 0 atom stereocenters. The highest BCUT2D eigenvalue weighted by molar-refractivity contribution is 5.82. The van der Waals surface area contributed by atoms with E-state index in [1.54, 1.807) is 0 Å². The molecule has 3 saturated heterocycles. The number of benzene rings is 3. The smallest absolute Gasteiger partial charge is 0.166 e. The van der Waals surface area contributed by atoms with Crippen molar-refractivity contribution in [1.29, 1.82) is 0 Å². The number of hydrogen-bond donors (Lipinski definition) is 0. The largest absolute Gasteiger partial charge is 0.378 e. The van der Waals surface area contributed by atoms with Crippen LogP contribution in [0, 0.1) is 0 Å². The second-order valence-electron chi connectivity index (χ2n) is 12.0. The van der Waals surface area contributed by atoms with Crippen molar-refractivity contribution in [2.45, 2.75) is 0 Å². The summed E-state index contributed by atoms with van der Waals surface area (Å²) in [7, 11) is 0. The van der Waals surface area contributed by atoms with Crippen LogP contribution in [0.1, 0.15) is 34.2 Å². The minimum absolute atomic E-state index is 0.625. The maximum absolute atomic E-state index is 5.68. The van der Waals surface area contributed by atoms with Crippen LogP contribution in [0.2, 0.25) is 0 Å². The monoisotopic (exact) mass is 642 g/mol. The zero-order valence-electron chi connectivity index (χ0n) is 27.3. The number of aromatic nitrogens is 3. The topological polar surface area (TPSA) is 76.1 Å². The number of nitrogens with zero attached hydrogens (tertiary/aromatic N) is 6. The van der Waals surface area contributed by atoms with Crippen molar-refractivity contribution >= 4 is 16.7 Å². The van der Waals surface area contributed by atoms with Gasteiger partial charge < -0.3 is 28.9 Å². The average Bonchev–Trinajstić information content (AvgIpc) is 3.17. The van der Waals surface area contributed by atoms with E-state index in [1.165, 1.54) is 0 Å². The van der Waals surface area contributed by atoms with Crippen molar-refractivity contribution in [3.8, 4) is 0 Å². The summed E-state index contributed by atoms with van der Waals surface area (Å²) in [6.45, 7) is 8.96. The molecule has 0 aliphatic carbocycles. The average molecular weight is 643 g/mol. The molecule has 4 aromatic rings. The fraction of sp³-hybridized carbons (Fsp3) is 0.308. The van der Waals surface area contributed by atoms with Crippen LogP contribution in [0.15, 0.2) is 110 Å². The van der Waals surface area contributed by atoms with Crippen molar-refractivity contribution in [2.75, 3.05) is 78.9 Å². The van der Waals surface area contributed by atoms with Crippen LogP contribution in [0.5, 0.6) is 0 Å². The molecule has 48 heavy (non-hydrogen) atoms. The Morgan fingerprint density at radius 2 is 0.646 bits per heavy atom. The molecule has 1 aromatic heterocycles. The summed E-state index contributed by atoms with van der Waals surface area (Å²) in [6, 6.07) is 31.2. The molecule has 3 aliphatic heterocycles. The molecule has 0 radical (unpaired) electrons. The highest BCUT2D eigenvalue weighted by atomic mass is 16.5. The number of hydrogen-bond acceptors (Lipinski definition) is 9. The first-order chi connectivity index (χ1) is 23.8. The van der Waals surface area contributed by atoms with Crippen molar-refractivity contribution in [3.63, 3.8) is 0 Å². The van der Waals surface area contributed by atoms with Crippen molar-refractivity contribution < 1.29 is 14.2 Å². The van der Waals surface area contributed by atoms with Crippen molar-refractivity contribution in [3.05, 3.63) is 144 Å². The summed E-state index contributed by atoms with van der Waals surface area (Å²) in [5.41, 5.74) is 5.97. The van der Waals surface area contributed by atoms with Crippen LogP contribution >= 0.6 is 0 Å². The van der Waals surface area contributed by atoms with Crippen LogP contribution in [0.25, 0.3) is 16.7 Å². The van der Waals surface area contributed by atoms with E-state index >= 15 is 0 Å². The summed E-state index contributed by atoms with van der Waals surface area (Å²) >= 11 is 0. The van der Waals surface area contributed by atoms with Gasteiger partial charge in [0.15, 0.2) is 17.5 Å². The Hall–Kier alpha value is -4.83. The molecule has 7 rings (SSSR count). The first-order valence-corrected chi connectivity index (χ1v) is 16.8. The van der Waals surface area contributed by atoms with Crippen LogP contribution in [0.3, 0.4) is 0 Å². The summed E-state index contributed by atoms with van der Waals surface area (Å²) in [5, 5.41) is 0. The first-order valence-electron chi connectivity index (χ1n) is 16.8. The predicted molar refractivity (Wildman–Crippen MR) is 188 cm³/mol. The van der Waals surface area contributed by atoms with Gasteiger partial charge in [-0.1, -0.05) is 91.0 Å². The second-order valence-corrected chi connectivity index (χ2v) is 12.0. The molecule has 0 N–H and O–H groups in total. The van der Waals surface area contributed by atoms with Gasteiger partial charge in [0.1, 0.15) is 0 Å². The summed E-state index contributed by atoms with van der Waals surface area (Å²) in [6.07, 6.45) is 6.59. The minimum atomic E-state index is 0.625. The van der Waals surface area contributed by atoms with E-state index in [0.29, 0.717) is 57.1 Å². The Morgan fingerprint density at radius 1 is 0.396 bits per heavy atom. The molecular formula is C39H42N6O3. The van der Waals surface area contributed by atoms with Crippen LogP contribution in [-0.4, -0.2) is 109 Å². The molecule has 0 saturated carbocycles. The van der Waals surface area contributed by atoms with Crippen LogP contribution in [0.4, 0.5) is 0 Å². The lowest BCUT2D eigenvalue weighted by Crippen LogP contribution is -2.33. The molecule has 0 bridgehead atoms. The molecule has 0 spiro atoms. The van der Waals surface area contributed by atoms with Gasteiger partial charge in [-0.15, -0.1) is 0 Å². The fourth-order valence-corrected chi connectivity index (χ4v) is 6.04. The Balaban J connectivity index is 1.45. The van der Waals surface area contributed by atoms with Gasteiger partial charge in [-0.05, 0) is 16.7 Å². The zero-order valence-corrected chi connectivity index (χ0v) is 27.3. The van der Waals surface area contributed by atoms with E-state index in [2.05, 4.69) is 106 Å². The van der Waals surface area contributed by atoms with E-state index in [0.717, 1.165) is 72.7 Å². The Bertz CT molecular complexity index is 1500. The van der Waals surface area contributed by atoms with Gasteiger partial charge in [-0.3, -0.25) is 0 Å². The third kappa shape index (κ3) is 7.99. The lowest BCUT2D eigenvalue weighted by Gasteiger charge is -2.27. The van der Waals surface area contributed by atoms with Crippen molar-refractivity contribution in [2.24, 2.45) is 0 Å². The standard InChI is InChI=1S/C39H42N6O3/c1-4-10-31(11-5-1)34(28-43-16-22-46-23-17-43)37-40-38(35(32-12-6-2-7-13-32)29-44-18-24-47-25-19-44)42-39(41-37)36(33-14-8-3-9-15-33)30-45-20-26-48-27-21-45/h1-15,28-30H,16-27H2/b34-28-,35-29-,36-30-. The molecular weight excluding hydrogens is 600 g/mol. The third-order valence-electron chi connectivity index (χ3n) is 8.68. The second kappa shape index (κ2) is 15.8. The van der Waals surface area contributed by atoms with Gasteiger partial charge in [0.25, 0.3) is 0 Å². The summed E-state index contributed by atoms with van der Waals surface area (Å²) in [5.74, 6) is 1.88. The van der Waals surface area contributed by atoms with Gasteiger partial charge in [-0.2, -0.15) is 0 Å². The quantitative estimate of drug-likeness (QED) is 0.250. The highest BCUT2D eigenvalue weighted by Gasteiger charge is 2.22. The molecule has 0 unspecified atom stereocenters. The molecule has 4 heterocycles. The third-order valence-corrected chi connectivity index (χ3v) is 8.68. The molecule has 9 nitrogen and oxygen atoms in total. The highest BCUT2D eigenvalue weighted by Crippen LogP contribution is 2.30. The van der Waals surface area contributed by atoms with E-state index in [9.17, 15) is 0 Å². The lowest BCUT2D eigenvalue weighted by molar-refractivity contribution is 0.0596. The Morgan fingerprint density at radius 3 is 0.896 bits per heavy atom. The molecule has 3 aliphatic rings. The maximum atomic E-state index is 5.68. The number of ether oxygens (including phenoxy) is 3. The Labute approximate surface area is 282 Å². The molecule has 9 heteroatoms. The van der Waals surface area contributed by atoms with E-state index < -0.39 is 0 Å². The van der Waals surface area contributed by atoms with E-state index in [4.69, 9.17) is 29.2 Å². The van der Waals surface area contributed by atoms with Gasteiger partial charge in [-0.25, -0.2) is 15.0 Å². The summed E-state index contributed by atoms with van der Waals surface area (Å²) in [4.78, 5) is 22.8. The number of rotatable bonds is 9. The zero-order chi connectivity index (χ0) is 32.4. The fourth-order valence-electron chi connectivity index (χ4n) is 6.04. The van der Waals surface area contributed by atoms with E-state index in [-0.39, 0.29) is 0 Å². The van der Waals surface area contributed by atoms with Crippen LogP contribution in [-0.2, 0) is 14.2 Å². The summed E-state index contributed by atoms with van der Waals surface area (Å²) < 4.78 is 17.0. The first kappa shape index (κ1) is 31.8. The SMILES string of the molecule is C(=C(\c1ccccc1)c1nc(/C(=C\N2CCOCC2)c2ccccc2)nc(/C(=C\N2CCOCC2)c2ccccc2)n1)/N1CCOCC1. The van der Waals surface area contributed by atoms with E-state index in [1.807, 2.05) is 18.2 Å². The minimum Gasteiger partial charge on any atom is -0.378 e. The van der Waals surface area contributed by atoms with Gasteiger partial charge in [0.2, 0.25) is 0 Å². The normalized spacial score (nSPS) is 18.2. The predicted octanol–water partition coefficient (Wildman–Crippen LogP) is 5.04. The lowest BCUT2D eigenvalue weighted by atomic mass is 10.0. The van der Waals surface area contributed by atoms with Crippen LogP contribution < -0.4 is 0 Å². The molecule has 0 amide bonds. The molecule has 3 aromatic carbocycles. The molecule has 246 valence electrons. The maximum Gasteiger partial charge on any atom is 0.166 e. The van der Waals surface area contributed by atoms with Gasteiger partial charge in [0, 0.05) is 74.6 Å². The van der Waals surface area contributed by atoms with Crippen molar-refractivity contribution in [1.82, 2.24) is 29.7 Å².